The van der Waals surface area contributed by atoms with E-state index in [4.69, 9.17) is 5.73 Å². The van der Waals surface area contributed by atoms with Crippen molar-refractivity contribution in [1.29, 1.82) is 0 Å². The number of halogens is 1. The first-order valence-corrected chi connectivity index (χ1v) is 8.08. The zero-order valence-electron chi connectivity index (χ0n) is 13.3. The van der Waals surface area contributed by atoms with Crippen molar-refractivity contribution in [3.05, 3.63) is 21.4 Å². The van der Waals surface area contributed by atoms with Crippen LogP contribution in [0.15, 0.2) is 5.38 Å². The van der Waals surface area contributed by atoms with Gasteiger partial charge in [-0.15, -0.1) is 23.7 Å². The second kappa shape index (κ2) is 7.58. The molecule has 0 saturated carbocycles. The number of aryl methyl sites for hydroxylation is 1. The smallest absolute Gasteiger partial charge is 0.250 e. The number of primary amides is 1. The molecular weight excluding hydrogens is 306 g/mol. The van der Waals surface area contributed by atoms with Gasteiger partial charge in [0.2, 0.25) is 5.91 Å². The summed E-state index contributed by atoms with van der Waals surface area (Å²) in [5.41, 5.74) is 7.27. The second-order valence-corrected chi connectivity index (χ2v) is 6.84. The van der Waals surface area contributed by atoms with Crippen LogP contribution in [0.4, 0.5) is 0 Å². The number of carbonyl (C=O) groups is 1. The normalized spacial score (nSPS) is 18.5. The van der Waals surface area contributed by atoms with Crippen molar-refractivity contribution in [2.24, 2.45) is 5.73 Å². The van der Waals surface area contributed by atoms with E-state index < -0.39 is 0 Å². The number of amides is 1. The number of hydrogen-bond donors (Lipinski definition) is 1. The molecule has 1 saturated heterocycles. The summed E-state index contributed by atoms with van der Waals surface area (Å²) in [5.74, 6) is -0.297. The molecule has 6 heteroatoms. The Labute approximate surface area is 137 Å². The molecule has 1 fully saturated rings. The first-order chi connectivity index (χ1) is 9.41. The number of hydrogen-bond acceptors (Lipinski definition) is 4. The first kappa shape index (κ1) is 18.4. The predicted molar refractivity (Wildman–Crippen MR) is 91.5 cm³/mol. The number of piperidine rings is 1. The summed E-state index contributed by atoms with van der Waals surface area (Å²) in [6.07, 6.45) is 2.38. The van der Waals surface area contributed by atoms with Crippen LogP contribution < -0.4 is 5.73 Å². The first-order valence-electron chi connectivity index (χ1n) is 7.20. The molecule has 1 aliphatic rings. The van der Waals surface area contributed by atoms with Crippen molar-refractivity contribution < 1.29 is 4.79 Å². The summed E-state index contributed by atoms with van der Waals surface area (Å²) < 4.78 is 0. The van der Waals surface area contributed by atoms with E-state index in [0.717, 1.165) is 29.1 Å². The van der Waals surface area contributed by atoms with Crippen molar-refractivity contribution in [1.82, 2.24) is 9.80 Å². The van der Waals surface area contributed by atoms with Gasteiger partial charge in [0.05, 0.1) is 5.56 Å². The molecule has 2 N–H and O–H groups in total. The maximum absolute atomic E-state index is 11.6. The lowest BCUT2D eigenvalue weighted by Crippen LogP contribution is -2.42. The van der Waals surface area contributed by atoms with E-state index in [0.29, 0.717) is 6.04 Å². The number of nitrogens with two attached hydrogens (primary N) is 1. The molecular formula is C15H26ClN3OS. The highest BCUT2D eigenvalue weighted by Gasteiger charge is 2.27. The minimum absolute atomic E-state index is 0. The maximum atomic E-state index is 11.6. The number of thiophene rings is 1. The van der Waals surface area contributed by atoms with Crippen LogP contribution in [-0.2, 0) is 0 Å². The lowest BCUT2D eigenvalue weighted by molar-refractivity contribution is 0.0988. The standard InChI is InChI=1S/C15H25N3OS.ClH/c1-10-9-20-14(13(10)15(16)19)11(2)18-7-5-12(6-8-18)17(3)4;/h9,11-12H,5-8H2,1-4H3,(H2,16,19);1H. The van der Waals surface area contributed by atoms with Gasteiger partial charge in [0.1, 0.15) is 0 Å². The molecule has 0 aromatic carbocycles. The van der Waals surface area contributed by atoms with Gasteiger partial charge in [-0.25, -0.2) is 0 Å². The molecule has 120 valence electrons. The summed E-state index contributed by atoms with van der Waals surface area (Å²) >= 11 is 1.66. The minimum Gasteiger partial charge on any atom is -0.366 e. The Morgan fingerprint density at radius 2 is 2.00 bits per heavy atom. The van der Waals surface area contributed by atoms with Gasteiger partial charge in [-0.3, -0.25) is 9.69 Å². The Morgan fingerprint density at radius 3 is 2.48 bits per heavy atom. The van der Waals surface area contributed by atoms with Crippen molar-refractivity contribution in [3.8, 4) is 0 Å². The highest BCUT2D eigenvalue weighted by atomic mass is 35.5. The van der Waals surface area contributed by atoms with Gasteiger partial charge in [-0.2, -0.15) is 0 Å². The van der Waals surface area contributed by atoms with E-state index in [2.05, 4.69) is 30.8 Å². The van der Waals surface area contributed by atoms with E-state index >= 15 is 0 Å². The second-order valence-electron chi connectivity index (χ2n) is 5.93. The van der Waals surface area contributed by atoms with Gasteiger partial charge < -0.3 is 10.6 Å². The third-order valence-electron chi connectivity index (χ3n) is 4.41. The summed E-state index contributed by atoms with van der Waals surface area (Å²) in [7, 11) is 4.30. The summed E-state index contributed by atoms with van der Waals surface area (Å²) in [5, 5.41) is 2.04. The quantitative estimate of drug-likeness (QED) is 0.922. The molecule has 1 aromatic heterocycles. The number of rotatable bonds is 4. The summed E-state index contributed by atoms with van der Waals surface area (Å²) in [6.45, 7) is 6.32. The molecule has 1 aliphatic heterocycles. The Balaban J connectivity index is 0.00000220. The molecule has 2 heterocycles. The van der Waals surface area contributed by atoms with Crippen molar-refractivity contribution in [2.75, 3.05) is 27.2 Å². The SMILES string of the molecule is Cc1csc(C(C)N2CCC(N(C)C)CC2)c1C(N)=O.Cl. The van der Waals surface area contributed by atoms with Crippen LogP contribution in [0, 0.1) is 6.92 Å². The number of likely N-dealkylation sites (tertiary alicyclic amines) is 1. The van der Waals surface area contributed by atoms with Crippen LogP contribution in [0.25, 0.3) is 0 Å². The van der Waals surface area contributed by atoms with Gasteiger partial charge in [-0.1, -0.05) is 0 Å². The highest BCUT2D eigenvalue weighted by molar-refractivity contribution is 7.10. The molecule has 0 aliphatic carbocycles. The van der Waals surface area contributed by atoms with Crippen molar-refractivity contribution in [2.45, 2.75) is 38.8 Å². The summed E-state index contributed by atoms with van der Waals surface area (Å²) in [4.78, 5) is 17.5. The molecule has 2 rings (SSSR count). The molecule has 21 heavy (non-hydrogen) atoms. The molecule has 1 amide bonds. The number of carbonyl (C=O) groups excluding carboxylic acids is 1. The fourth-order valence-electron chi connectivity index (χ4n) is 3.04. The van der Waals surface area contributed by atoms with Crippen LogP contribution in [0.1, 0.15) is 46.6 Å². The average molecular weight is 332 g/mol. The highest BCUT2D eigenvalue weighted by Crippen LogP contribution is 2.33. The van der Waals surface area contributed by atoms with E-state index in [-0.39, 0.29) is 24.4 Å². The Hall–Kier alpha value is -0.620. The molecule has 0 radical (unpaired) electrons. The van der Waals surface area contributed by atoms with Crippen molar-refractivity contribution in [3.63, 3.8) is 0 Å². The van der Waals surface area contributed by atoms with E-state index in [1.54, 1.807) is 11.3 Å². The van der Waals surface area contributed by atoms with Crippen LogP contribution in [-0.4, -0.2) is 48.9 Å². The van der Waals surface area contributed by atoms with Gasteiger partial charge in [-0.05, 0) is 51.7 Å². The zero-order valence-corrected chi connectivity index (χ0v) is 14.9. The van der Waals surface area contributed by atoms with Crippen LogP contribution in [0.3, 0.4) is 0 Å². The van der Waals surface area contributed by atoms with E-state index in [9.17, 15) is 4.79 Å². The predicted octanol–water partition coefficient (Wildman–Crippen LogP) is 2.66. The van der Waals surface area contributed by atoms with Crippen LogP contribution in [0.2, 0.25) is 0 Å². The average Bonchev–Trinajstić information content (AvgIpc) is 2.80. The molecule has 0 bridgehead atoms. The van der Waals surface area contributed by atoms with Crippen LogP contribution in [0.5, 0.6) is 0 Å². The maximum Gasteiger partial charge on any atom is 0.250 e. The van der Waals surface area contributed by atoms with Gasteiger partial charge in [0.25, 0.3) is 0 Å². The molecule has 4 nitrogen and oxygen atoms in total. The summed E-state index contributed by atoms with van der Waals surface area (Å²) in [6, 6.07) is 0.957. The topological polar surface area (TPSA) is 49.6 Å². The van der Waals surface area contributed by atoms with E-state index in [1.807, 2.05) is 12.3 Å². The fraction of sp³-hybridized carbons (Fsp3) is 0.667. The monoisotopic (exact) mass is 331 g/mol. The largest absolute Gasteiger partial charge is 0.366 e. The fourth-order valence-corrected chi connectivity index (χ4v) is 4.19. The third kappa shape index (κ3) is 3.97. The zero-order chi connectivity index (χ0) is 14.9. The van der Waals surface area contributed by atoms with E-state index in [1.165, 1.54) is 12.8 Å². The Kier molecular flexibility index (Phi) is 6.66. The van der Waals surface area contributed by atoms with Crippen molar-refractivity contribution >= 4 is 29.7 Å². The minimum atomic E-state index is -0.297. The molecule has 1 atom stereocenters. The van der Waals surface area contributed by atoms with Gasteiger partial charge >= 0.3 is 0 Å². The molecule has 1 unspecified atom stereocenters. The Bertz CT molecular complexity index is 481. The van der Waals surface area contributed by atoms with Gasteiger partial charge in [0.15, 0.2) is 0 Å². The third-order valence-corrected chi connectivity index (χ3v) is 5.68. The van der Waals surface area contributed by atoms with Crippen LogP contribution >= 0.6 is 23.7 Å². The van der Waals surface area contributed by atoms with Gasteiger partial charge in [0, 0.05) is 30.1 Å². The Morgan fingerprint density at radius 1 is 1.43 bits per heavy atom. The lowest BCUT2D eigenvalue weighted by atomic mass is 10.0. The molecule has 1 aromatic rings. The lowest BCUT2D eigenvalue weighted by Gasteiger charge is -2.38. The number of nitrogens with zero attached hydrogens (tertiary/aromatic N) is 2. The molecule has 0 spiro atoms.